The Morgan fingerprint density at radius 3 is 2.33 bits per heavy atom. The number of Topliss-reactive ketones (excluding diaryl/α,β-unsaturated/α-hetero) is 2. The van der Waals surface area contributed by atoms with Crippen LogP contribution in [0.3, 0.4) is 0 Å². The molecule has 0 atom stereocenters. The Hall–Kier alpha value is -1.97. The van der Waals surface area contributed by atoms with Crippen molar-refractivity contribution in [2.75, 3.05) is 0 Å². The smallest absolute Gasteiger partial charge is 0.192 e. The lowest BCUT2D eigenvalue weighted by atomic mass is 10.0. The van der Waals surface area contributed by atoms with Gasteiger partial charge in [-0.25, -0.2) is 0 Å². The third-order valence-electron chi connectivity index (χ3n) is 1.91. The average Bonchev–Trinajstić information content (AvgIpc) is 2.19. The molecule has 0 aliphatic carbocycles. The highest BCUT2D eigenvalue weighted by atomic mass is 16.4. The van der Waals surface area contributed by atoms with E-state index in [1.165, 1.54) is 6.92 Å². The van der Waals surface area contributed by atoms with Gasteiger partial charge in [-0.2, -0.15) is 0 Å². The van der Waals surface area contributed by atoms with Gasteiger partial charge in [-0.3, -0.25) is 9.59 Å². The highest BCUT2D eigenvalue weighted by Crippen LogP contribution is 2.01. The molecule has 0 aliphatic rings. The minimum Gasteiger partial charge on any atom is -0.410 e. The van der Waals surface area contributed by atoms with Gasteiger partial charge in [0.05, 0.1) is 0 Å². The lowest BCUT2D eigenvalue weighted by Crippen LogP contribution is -2.23. The lowest BCUT2D eigenvalue weighted by Gasteiger charge is -1.99. The molecular weight excluding hydrogens is 194 g/mol. The summed E-state index contributed by atoms with van der Waals surface area (Å²) in [6.07, 6.45) is 0.0693. The van der Waals surface area contributed by atoms with Crippen molar-refractivity contribution in [2.45, 2.75) is 13.3 Å². The standard InChI is InChI=1S/C11H11NO3/c1-8(13)11(12-15)10(14)7-9-5-3-2-4-6-9/h2-6,15H,7H2,1H3/b12-11-. The van der Waals surface area contributed by atoms with Gasteiger partial charge in [0, 0.05) is 13.3 Å². The number of carbonyl (C=O) groups excluding carboxylic acids is 2. The third-order valence-corrected chi connectivity index (χ3v) is 1.91. The maximum Gasteiger partial charge on any atom is 0.192 e. The topological polar surface area (TPSA) is 66.7 Å². The van der Waals surface area contributed by atoms with Crippen molar-refractivity contribution in [3.63, 3.8) is 0 Å². The van der Waals surface area contributed by atoms with Gasteiger partial charge < -0.3 is 5.21 Å². The summed E-state index contributed by atoms with van der Waals surface area (Å²) in [5.74, 6) is -1.00. The first-order valence-electron chi connectivity index (χ1n) is 4.45. The zero-order chi connectivity index (χ0) is 11.3. The van der Waals surface area contributed by atoms with Gasteiger partial charge in [0.1, 0.15) is 0 Å². The Kier molecular flexibility index (Phi) is 3.74. The van der Waals surface area contributed by atoms with Crippen molar-refractivity contribution in [1.29, 1.82) is 0 Å². The number of hydrogen-bond acceptors (Lipinski definition) is 4. The summed E-state index contributed by atoms with van der Waals surface area (Å²) in [6, 6.07) is 8.97. The fourth-order valence-corrected chi connectivity index (χ4v) is 1.19. The van der Waals surface area contributed by atoms with Gasteiger partial charge in [0.15, 0.2) is 17.3 Å². The Morgan fingerprint density at radius 2 is 1.87 bits per heavy atom. The second-order valence-corrected chi connectivity index (χ2v) is 3.09. The molecule has 0 aromatic heterocycles. The second kappa shape index (κ2) is 5.05. The van der Waals surface area contributed by atoms with Crippen LogP contribution in [0.1, 0.15) is 12.5 Å². The van der Waals surface area contributed by atoms with E-state index >= 15 is 0 Å². The summed E-state index contributed by atoms with van der Waals surface area (Å²) in [7, 11) is 0. The summed E-state index contributed by atoms with van der Waals surface area (Å²) >= 11 is 0. The number of rotatable bonds is 4. The van der Waals surface area contributed by atoms with Crippen LogP contribution >= 0.6 is 0 Å². The first-order valence-corrected chi connectivity index (χ1v) is 4.45. The number of carbonyl (C=O) groups is 2. The molecule has 0 aliphatic heterocycles. The van der Waals surface area contributed by atoms with Crippen LogP contribution in [0, 0.1) is 0 Å². The predicted molar refractivity (Wildman–Crippen MR) is 55.1 cm³/mol. The number of nitrogens with zero attached hydrogens (tertiary/aromatic N) is 1. The molecule has 1 N–H and O–H groups in total. The van der Waals surface area contributed by atoms with Gasteiger partial charge >= 0.3 is 0 Å². The van der Waals surface area contributed by atoms with Gasteiger partial charge in [-0.15, -0.1) is 0 Å². The Labute approximate surface area is 87.2 Å². The van der Waals surface area contributed by atoms with Crippen LogP contribution < -0.4 is 0 Å². The maximum atomic E-state index is 11.5. The Balaban J connectivity index is 2.76. The molecule has 1 rings (SSSR count). The highest BCUT2D eigenvalue weighted by molar-refractivity contribution is 6.65. The van der Waals surface area contributed by atoms with E-state index in [0.29, 0.717) is 0 Å². The summed E-state index contributed by atoms with van der Waals surface area (Å²) in [4.78, 5) is 22.4. The van der Waals surface area contributed by atoms with E-state index in [4.69, 9.17) is 5.21 Å². The molecule has 0 unspecified atom stereocenters. The molecule has 4 nitrogen and oxygen atoms in total. The number of ketones is 2. The largest absolute Gasteiger partial charge is 0.410 e. The first-order chi connectivity index (χ1) is 7.15. The molecule has 0 saturated heterocycles. The van der Waals surface area contributed by atoms with E-state index in [1.807, 2.05) is 6.07 Å². The van der Waals surface area contributed by atoms with E-state index in [9.17, 15) is 9.59 Å². The third kappa shape index (κ3) is 3.02. The lowest BCUT2D eigenvalue weighted by molar-refractivity contribution is -0.115. The highest BCUT2D eigenvalue weighted by Gasteiger charge is 2.17. The number of benzene rings is 1. The normalized spacial score (nSPS) is 11.1. The van der Waals surface area contributed by atoms with Gasteiger partial charge in [0.2, 0.25) is 0 Å². The summed E-state index contributed by atoms with van der Waals surface area (Å²) in [5, 5.41) is 11.2. The minimum absolute atomic E-state index is 0.0693. The molecule has 78 valence electrons. The molecule has 4 heteroatoms. The molecule has 0 saturated carbocycles. The van der Waals surface area contributed by atoms with Crippen LogP contribution in [0.15, 0.2) is 35.5 Å². The molecular formula is C11H11NO3. The SMILES string of the molecule is CC(=O)/C(=N/O)C(=O)Cc1ccccc1. The van der Waals surface area contributed by atoms with Crippen molar-refractivity contribution in [3.8, 4) is 0 Å². The van der Waals surface area contributed by atoms with Crippen LogP contribution in [-0.2, 0) is 16.0 Å². The Bertz CT molecular complexity index is 396. The molecule has 0 amide bonds. The van der Waals surface area contributed by atoms with Crippen molar-refractivity contribution < 1.29 is 14.8 Å². The zero-order valence-corrected chi connectivity index (χ0v) is 8.30. The maximum absolute atomic E-state index is 11.5. The van der Waals surface area contributed by atoms with E-state index in [0.717, 1.165) is 5.56 Å². The molecule has 0 bridgehead atoms. The molecule has 0 radical (unpaired) electrons. The van der Waals surface area contributed by atoms with E-state index in [1.54, 1.807) is 24.3 Å². The molecule has 1 aromatic rings. The van der Waals surface area contributed by atoms with Crippen molar-refractivity contribution in [1.82, 2.24) is 0 Å². The quantitative estimate of drug-likeness (QED) is 0.348. The van der Waals surface area contributed by atoms with Crippen molar-refractivity contribution >= 4 is 17.3 Å². The van der Waals surface area contributed by atoms with Gasteiger partial charge in [-0.05, 0) is 5.56 Å². The van der Waals surface area contributed by atoms with E-state index < -0.39 is 17.3 Å². The van der Waals surface area contributed by atoms with Crippen LogP contribution in [0.5, 0.6) is 0 Å². The van der Waals surface area contributed by atoms with Crippen molar-refractivity contribution in [2.24, 2.45) is 5.16 Å². The molecule has 0 fully saturated rings. The first kappa shape index (κ1) is 11.1. The summed E-state index contributed by atoms with van der Waals surface area (Å²) in [5.41, 5.74) is 0.378. The van der Waals surface area contributed by atoms with E-state index in [2.05, 4.69) is 5.16 Å². The van der Waals surface area contributed by atoms with Crippen LogP contribution in [0.4, 0.5) is 0 Å². The fourth-order valence-electron chi connectivity index (χ4n) is 1.19. The summed E-state index contributed by atoms with van der Waals surface area (Å²) < 4.78 is 0. The Morgan fingerprint density at radius 1 is 1.27 bits per heavy atom. The minimum atomic E-state index is -0.529. The van der Waals surface area contributed by atoms with Crippen molar-refractivity contribution in [3.05, 3.63) is 35.9 Å². The van der Waals surface area contributed by atoms with Gasteiger partial charge in [-0.1, -0.05) is 35.5 Å². The molecule has 15 heavy (non-hydrogen) atoms. The zero-order valence-electron chi connectivity index (χ0n) is 8.30. The summed E-state index contributed by atoms with van der Waals surface area (Å²) in [6.45, 7) is 1.19. The molecule has 1 aromatic carbocycles. The monoisotopic (exact) mass is 205 g/mol. The van der Waals surface area contributed by atoms with Crippen LogP contribution in [0.25, 0.3) is 0 Å². The second-order valence-electron chi connectivity index (χ2n) is 3.09. The molecule has 0 heterocycles. The average molecular weight is 205 g/mol. The van der Waals surface area contributed by atoms with E-state index in [-0.39, 0.29) is 6.42 Å². The molecule has 0 spiro atoms. The predicted octanol–water partition coefficient (Wildman–Crippen LogP) is 1.22. The van der Waals surface area contributed by atoms with Gasteiger partial charge in [0.25, 0.3) is 0 Å². The van der Waals surface area contributed by atoms with Crippen LogP contribution in [0.2, 0.25) is 0 Å². The number of hydrogen-bond donors (Lipinski definition) is 1. The fraction of sp³-hybridized carbons (Fsp3) is 0.182. The number of oxime groups is 1. The van der Waals surface area contributed by atoms with Crippen LogP contribution in [-0.4, -0.2) is 22.5 Å².